The first-order chi connectivity index (χ1) is 10.3. The van der Waals surface area contributed by atoms with Crippen LogP contribution >= 0.6 is 35.3 Å². The van der Waals surface area contributed by atoms with Crippen molar-refractivity contribution < 1.29 is 0 Å². The van der Waals surface area contributed by atoms with Gasteiger partial charge in [0, 0.05) is 17.6 Å². The zero-order chi connectivity index (χ0) is 14.9. The minimum absolute atomic E-state index is 0. The fourth-order valence-corrected chi connectivity index (χ4v) is 2.65. The van der Waals surface area contributed by atoms with Crippen LogP contribution in [-0.4, -0.2) is 17.5 Å². The molecule has 2 N–H and O–H groups in total. The summed E-state index contributed by atoms with van der Waals surface area (Å²) in [7, 11) is 0. The van der Waals surface area contributed by atoms with Crippen LogP contribution in [0.25, 0.3) is 0 Å². The molecule has 0 fully saturated rings. The van der Waals surface area contributed by atoms with Gasteiger partial charge in [-0.2, -0.15) is 0 Å². The molecular formula is C16H23IN4S. The molecular weight excluding hydrogens is 407 g/mol. The number of rotatable bonds is 6. The van der Waals surface area contributed by atoms with Gasteiger partial charge in [0.2, 0.25) is 0 Å². The number of aromatic nitrogens is 1. The number of guanidine groups is 1. The van der Waals surface area contributed by atoms with Gasteiger partial charge in [0.25, 0.3) is 0 Å². The van der Waals surface area contributed by atoms with Crippen LogP contribution in [0.4, 0.5) is 0 Å². The lowest BCUT2D eigenvalue weighted by molar-refractivity contribution is 0.811. The summed E-state index contributed by atoms with van der Waals surface area (Å²) in [6.07, 6.45) is 3.00. The fraction of sp³-hybridized carbons (Fsp3) is 0.375. The molecule has 4 nitrogen and oxygen atoms in total. The highest BCUT2D eigenvalue weighted by molar-refractivity contribution is 14.0. The van der Waals surface area contributed by atoms with E-state index >= 15 is 0 Å². The molecule has 0 atom stereocenters. The van der Waals surface area contributed by atoms with Crippen molar-refractivity contribution in [1.29, 1.82) is 0 Å². The van der Waals surface area contributed by atoms with E-state index in [1.54, 1.807) is 11.3 Å². The second-order valence-corrected chi connectivity index (χ2v) is 5.81. The van der Waals surface area contributed by atoms with E-state index in [2.05, 4.69) is 46.6 Å². The van der Waals surface area contributed by atoms with Crippen molar-refractivity contribution in [3.05, 3.63) is 52.0 Å². The van der Waals surface area contributed by atoms with Crippen molar-refractivity contribution >= 4 is 41.3 Å². The molecule has 0 saturated heterocycles. The molecule has 6 heteroatoms. The van der Waals surface area contributed by atoms with Crippen LogP contribution < -0.4 is 10.6 Å². The molecule has 0 saturated carbocycles. The van der Waals surface area contributed by atoms with Gasteiger partial charge in [-0.3, -0.25) is 0 Å². The molecule has 0 radical (unpaired) electrons. The normalized spacial score (nSPS) is 10.9. The van der Waals surface area contributed by atoms with Gasteiger partial charge in [-0.05, 0) is 18.9 Å². The van der Waals surface area contributed by atoms with E-state index in [1.807, 2.05) is 24.4 Å². The summed E-state index contributed by atoms with van der Waals surface area (Å²) >= 11 is 1.75. The Morgan fingerprint density at radius 2 is 1.95 bits per heavy atom. The van der Waals surface area contributed by atoms with Crippen molar-refractivity contribution in [1.82, 2.24) is 15.6 Å². The molecule has 0 amide bonds. The van der Waals surface area contributed by atoms with Crippen molar-refractivity contribution in [2.75, 3.05) is 6.54 Å². The molecule has 0 aliphatic heterocycles. The predicted octanol–water partition coefficient (Wildman–Crippen LogP) is 3.58. The maximum Gasteiger partial charge on any atom is 0.191 e. The highest BCUT2D eigenvalue weighted by Gasteiger charge is 2.02. The largest absolute Gasteiger partial charge is 0.357 e. The molecule has 1 aromatic carbocycles. The number of aryl methyl sites for hydroxylation is 1. The van der Waals surface area contributed by atoms with Gasteiger partial charge < -0.3 is 10.6 Å². The Kier molecular flexibility index (Phi) is 9.07. The van der Waals surface area contributed by atoms with Crippen LogP contribution in [0, 0.1) is 0 Å². The van der Waals surface area contributed by atoms with E-state index < -0.39 is 0 Å². The van der Waals surface area contributed by atoms with Gasteiger partial charge in [-0.1, -0.05) is 37.3 Å². The summed E-state index contributed by atoms with van der Waals surface area (Å²) in [5.41, 5.74) is 1.21. The number of hydrogen-bond acceptors (Lipinski definition) is 3. The first-order valence-electron chi connectivity index (χ1n) is 7.31. The lowest BCUT2D eigenvalue weighted by Gasteiger charge is -2.10. The lowest BCUT2D eigenvalue weighted by Crippen LogP contribution is -2.36. The number of nitrogens with one attached hydrogen (secondary N) is 2. The quantitative estimate of drug-likeness (QED) is 0.419. The topological polar surface area (TPSA) is 49.3 Å². The first kappa shape index (κ1) is 18.9. The van der Waals surface area contributed by atoms with Gasteiger partial charge in [0.1, 0.15) is 5.01 Å². The van der Waals surface area contributed by atoms with Crippen molar-refractivity contribution in [2.24, 2.45) is 4.99 Å². The molecule has 0 aliphatic carbocycles. The van der Waals surface area contributed by atoms with Crippen LogP contribution in [0.1, 0.15) is 29.3 Å². The zero-order valence-corrected chi connectivity index (χ0v) is 16.2. The number of hydrogen-bond donors (Lipinski definition) is 2. The minimum Gasteiger partial charge on any atom is -0.357 e. The standard InChI is InChI=1S/C16H22N4S.HI/c1-3-14-11-18-15(21-14)12-20-16(17-4-2)19-10-13-8-6-5-7-9-13;/h5-9,11H,3-4,10,12H2,1-2H3,(H2,17,19,20);1H. The molecule has 0 spiro atoms. The number of thiazole rings is 1. The predicted molar refractivity (Wildman–Crippen MR) is 105 cm³/mol. The van der Waals surface area contributed by atoms with Crippen LogP contribution in [0.15, 0.2) is 41.5 Å². The van der Waals surface area contributed by atoms with E-state index in [0.29, 0.717) is 13.1 Å². The average Bonchev–Trinajstić information content (AvgIpc) is 2.99. The summed E-state index contributed by atoms with van der Waals surface area (Å²) in [6, 6.07) is 10.3. The summed E-state index contributed by atoms with van der Waals surface area (Å²) in [5.74, 6) is 0.828. The number of benzene rings is 1. The molecule has 2 rings (SSSR count). The Bertz CT molecular complexity index is 569. The summed E-state index contributed by atoms with van der Waals surface area (Å²) in [6.45, 7) is 6.45. The Morgan fingerprint density at radius 3 is 2.59 bits per heavy atom. The lowest BCUT2D eigenvalue weighted by atomic mass is 10.2. The molecule has 1 heterocycles. The van der Waals surface area contributed by atoms with Crippen molar-refractivity contribution in [2.45, 2.75) is 33.4 Å². The fourth-order valence-electron chi connectivity index (χ4n) is 1.85. The van der Waals surface area contributed by atoms with Gasteiger partial charge in [-0.15, -0.1) is 35.3 Å². The zero-order valence-electron chi connectivity index (χ0n) is 13.0. The number of nitrogens with zero attached hydrogens (tertiary/aromatic N) is 2. The Morgan fingerprint density at radius 1 is 1.18 bits per heavy atom. The van der Waals surface area contributed by atoms with Crippen LogP contribution in [0.5, 0.6) is 0 Å². The maximum absolute atomic E-state index is 4.60. The average molecular weight is 430 g/mol. The van der Waals surface area contributed by atoms with Crippen molar-refractivity contribution in [3.63, 3.8) is 0 Å². The third-order valence-corrected chi connectivity index (χ3v) is 4.11. The second-order valence-electron chi connectivity index (χ2n) is 4.61. The van der Waals surface area contributed by atoms with E-state index in [4.69, 9.17) is 0 Å². The minimum atomic E-state index is 0. The van der Waals surface area contributed by atoms with E-state index in [-0.39, 0.29) is 24.0 Å². The van der Waals surface area contributed by atoms with Crippen LogP contribution in [0.2, 0.25) is 0 Å². The molecule has 2 aromatic rings. The van der Waals surface area contributed by atoms with Gasteiger partial charge in [0.05, 0.1) is 13.1 Å². The number of aliphatic imine (C=N–C) groups is 1. The highest BCUT2D eigenvalue weighted by atomic mass is 127. The third kappa shape index (κ3) is 6.31. The Hall–Kier alpha value is -1.15. The molecule has 120 valence electrons. The maximum atomic E-state index is 4.60. The third-order valence-electron chi connectivity index (χ3n) is 2.96. The molecule has 1 aromatic heterocycles. The summed E-state index contributed by atoms with van der Waals surface area (Å²) < 4.78 is 0. The molecule has 0 aliphatic rings. The summed E-state index contributed by atoms with van der Waals surface area (Å²) in [5, 5.41) is 7.69. The van der Waals surface area contributed by atoms with Gasteiger partial charge >= 0.3 is 0 Å². The van der Waals surface area contributed by atoms with Crippen molar-refractivity contribution in [3.8, 4) is 0 Å². The van der Waals surface area contributed by atoms with E-state index in [0.717, 1.165) is 23.9 Å². The molecule has 22 heavy (non-hydrogen) atoms. The van der Waals surface area contributed by atoms with Crippen LogP contribution in [0.3, 0.4) is 0 Å². The Labute approximate surface area is 153 Å². The summed E-state index contributed by atoms with van der Waals surface area (Å²) in [4.78, 5) is 10.3. The monoisotopic (exact) mass is 430 g/mol. The SMILES string of the molecule is CCNC(=NCc1ccccc1)NCc1ncc(CC)s1.I. The highest BCUT2D eigenvalue weighted by Crippen LogP contribution is 2.12. The van der Waals surface area contributed by atoms with Gasteiger partial charge in [-0.25, -0.2) is 9.98 Å². The van der Waals surface area contributed by atoms with Crippen LogP contribution in [-0.2, 0) is 19.5 Å². The molecule has 0 bridgehead atoms. The molecule has 0 unspecified atom stereocenters. The van der Waals surface area contributed by atoms with E-state index in [1.165, 1.54) is 10.4 Å². The van der Waals surface area contributed by atoms with E-state index in [9.17, 15) is 0 Å². The second kappa shape index (κ2) is 10.6. The Balaban J connectivity index is 0.00000242. The number of halogens is 1. The smallest absolute Gasteiger partial charge is 0.191 e. The van der Waals surface area contributed by atoms with Gasteiger partial charge in [0.15, 0.2) is 5.96 Å². The first-order valence-corrected chi connectivity index (χ1v) is 8.13.